The molecule has 1 saturated carbocycles. The van der Waals surface area contributed by atoms with Gasteiger partial charge in [0.25, 0.3) is 5.91 Å². The third-order valence-electron chi connectivity index (χ3n) is 6.02. The van der Waals surface area contributed by atoms with Gasteiger partial charge in [-0.05, 0) is 42.5 Å². The Morgan fingerprint density at radius 2 is 1.97 bits per heavy atom. The van der Waals surface area contributed by atoms with Crippen LogP contribution >= 0.6 is 0 Å². The second-order valence-corrected chi connectivity index (χ2v) is 7.97. The second-order valence-electron chi connectivity index (χ2n) is 7.97. The number of ether oxygens (including phenoxy) is 2. The molecule has 150 valence electrons. The van der Waals surface area contributed by atoms with E-state index >= 15 is 0 Å². The lowest BCUT2D eigenvalue weighted by Gasteiger charge is -2.24. The molecule has 1 heterocycles. The van der Waals surface area contributed by atoms with Crippen molar-refractivity contribution in [2.45, 2.75) is 25.4 Å². The van der Waals surface area contributed by atoms with Crippen molar-refractivity contribution in [2.75, 3.05) is 19.0 Å². The van der Waals surface area contributed by atoms with Gasteiger partial charge >= 0.3 is 5.97 Å². The Kier molecular flexibility index (Phi) is 5.24. The molecule has 1 N–H and O–H groups in total. The van der Waals surface area contributed by atoms with E-state index < -0.39 is 11.5 Å². The Balaban J connectivity index is 1.45. The second kappa shape index (κ2) is 7.84. The summed E-state index contributed by atoms with van der Waals surface area (Å²) in [7, 11) is 1.52. The van der Waals surface area contributed by atoms with Gasteiger partial charge in [-0.25, -0.2) is 0 Å². The molecule has 0 bridgehead atoms. The number of carbonyl (C=O) groups excluding carboxylic acids is 2. The molecule has 2 aromatic rings. The average Bonchev–Trinajstić information content (AvgIpc) is 3.19. The topological polar surface area (TPSA) is 64.6 Å². The van der Waals surface area contributed by atoms with Crippen LogP contribution in [0, 0.1) is 11.3 Å². The number of benzene rings is 2. The molecule has 1 aliphatic carbocycles. The Morgan fingerprint density at radius 3 is 2.66 bits per heavy atom. The summed E-state index contributed by atoms with van der Waals surface area (Å²) < 4.78 is 10.7. The maximum absolute atomic E-state index is 12.6. The molecule has 0 radical (unpaired) electrons. The fraction of sp³-hybridized carbons (Fsp3) is 0.333. The predicted molar refractivity (Wildman–Crippen MR) is 110 cm³/mol. The van der Waals surface area contributed by atoms with Crippen LogP contribution < -0.4 is 5.32 Å². The fourth-order valence-corrected chi connectivity index (χ4v) is 4.56. The van der Waals surface area contributed by atoms with Crippen LogP contribution in [0.25, 0.3) is 0 Å². The van der Waals surface area contributed by atoms with Gasteiger partial charge in [0.2, 0.25) is 0 Å². The summed E-state index contributed by atoms with van der Waals surface area (Å²) in [6, 6.07) is 17.0. The fourth-order valence-electron chi connectivity index (χ4n) is 4.56. The third kappa shape index (κ3) is 3.70. The molecule has 4 rings (SSSR count). The van der Waals surface area contributed by atoms with Crippen molar-refractivity contribution in [3.63, 3.8) is 0 Å². The number of methoxy groups -OCH3 is 1. The van der Waals surface area contributed by atoms with Gasteiger partial charge in [-0.2, -0.15) is 0 Å². The Hall–Kier alpha value is -2.92. The minimum Gasteiger partial charge on any atom is -0.465 e. The van der Waals surface area contributed by atoms with Gasteiger partial charge in [0.05, 0.1) is 12.0 Å². The van der Waals surface area contributed by atoms with Crippen molar-refractivity contribution in [1.82, 2.24) is 0 Å². The van der Waals surface area contributed by atoms with Crippen LogP contribution in [0.2, 0.25) is 0 Å². The molecule has 1 aliphatic heterocycles. The molecular formula is C24H25NO4. The molecule has 1 saturated heterocycles. The molecule has 29 heavy (non-hydrogen) atoms. The van der Waals surface area contributed by atoms with E-state index in [1.165, 1.54) is 7.11 Å². The van der Waals surface area contributed by atoms with E-state index in [9.17, 15) is 9.59 Å². The monoisotopic (exact) mass is 391 g/mol. The molecule has 2 aliphatic rings. The molecule has 2 unspecified atom stereocenters. The summed E-state index contributed by atoms with van der Waals surface area (Å²) in [4.78, 5) is 25.1. The molecule has 0 aromatic heterocycles. The van der Waals surface area contributed by atoms with Crippen LogP contribution in [-0.2, 0) is 25.5 Å². The van der Waals surface area contributed by atoms with Gasteiger partial charge in [-0.1, -0.05) is 54.6 Å². The summed E-state index contributed by atoms with van der Waals surface area (Å²) in [6.07, 6.45) is 1.52. The van der Waals surface area contributed by atoms with Gasteiger partial charge in [0, 0.05) is 18.7 Å². The van der Waals surface area contributed by atoms with Gasteiger partial charge < -0.3 is 14.8 Å². The third-order valence-corrected chi connectivity index (χ3v) is 6.02. The molecular weight excluding hydrogens is 366 g/mol. The highest BCUT2D eigenvalue weighted by Crippen LogP contribution is 2.52. The Bertz CT molecular complexity index is 922. The first-order valence-corrected chi connectivity index (χ1v) is 9.83. The van der Waals surface area contributed by atoms with Crippen LogP contribution in [0.1, 0.15) is 30.1 Å². The molecule has 2 aromatic carbocycles. The zero-order valence-electron chi connectivity index (χ0n) is 16.5. The maximum Gasteiger partial charge on any atom is 0.313 e. The number of carbonyl (C=O) groups is 2. The lowest BCUT2D eigenvalue weighted by molar-refractivity contribution is -0.146. The van der Waals surface area contributed by atoms with E-state index in [1.54, 1.807) is 0 Å². The average molecular weight is 391 g/mol. The number of nitrogens with one attached hydrogen (secondary N) is 1. The molecule has 1 amide bonds. The summed E-state index contributed by atoms with van der Waals surface area (Å²) in [5.41, 5.74) is 3.19. The minimum atomic E-state index is -0.673. The number of fused-ring (bicyclic) bond motifs is 1. The molecule has 2 fully saturated rings. The van der Waals surface area contributed by atoms with Gasteiger partial charge in [0.1, 0.15) is 0 Å². The van der Waals surface area contributed by atoms with E-state index in [4.69, 9.17) is 9.47 Å². The van der Waals surface area contributed by atoms with Crippen LogP contribution in [0.15, 0.2) is 66.7 Å². The van der Waals surface area contributed by atoms with Crippen LogP contribution in [0.3, 0.4) is 0 Å². The minimum absolute atomic E-state index is 0.107. The Labute approximate surface area is 170 Å². The first kappa shape index (κ1) is 19.4. The number of amides is 1. The predicted octanol–water partition coefficient (Wildman–Crippen LogP) is 4.06. The zero-order valence-corrected chi connectivity index (χ0v) is 16.5. The van der Waals surface area contributed by atoms with Crippen LogP contribution in [-0.4, -0.2) is 25.6 Å². The first-order chi connectivity index (χ1) is 14.0. The zero-order chi connectivity index (χ0) is 20.4. The number of hydrogen-bond acceptors (Lipinski definition) is 4. The molecule has 5 nitrogen and oxygen atoms in total. The lowest BCUT2D eigenvalue weighted by Crippen LogP contribution is -2.31. The van der Waals surface area contributed by atoms with Crippen molar-refractivity contribution >= 4 is 17.6 Å². The SMILES string of the molecule is C=C1CC2COC(=O)C2(Cc2ccc(NC(=O)[C@@H](OC)c3ccccc3)cc2)C1. The normalized spacial score (nSPS) is 24.1. The number of rotatable bonds is 6. The van der Waals surface area contributed by atoms with E-state index in [-0.39, 0.29) is 17.8 Å². The largest absolute Gasteiger partial charge is 0.465 e. The molecule has 3 atom stereocenters. The lowest BCUT2D eigenvalue weighted by atomic mass is 9.75. The summed E-state index contributed by atoms with van der Waals surface area (Å²) in [6.45, 7) is 4.58. The van der Waals surface area contributed by atoms with Crippen molar-refractivity contribution in [1.29, 1.82) is 0 Å². The van der Waals surface area contributed by atoms with Crippen molar-refractivity contribution in [3.05, 3.63) is 77.9 Å². The summed E-state index contributed by atoms with van der Waals surface area (Å²) in [5.74, 6) is -0.115. The standard InChI is InChI=1S/C24H25NO4/c1-16-12-19-15-29-23(27)24(19,13-16)14-17-8-10-20(11-9-17)25-22(26)21(28-2)18-6-4-3-5-7-18/h3-11,19,21H,1,12-15H2,2H3,(H,25,26)/t19?,21-,24?/m0/s1. The number of anilines is 1. The van der Waals surface area contributed by atoms with Gasteiger partial charge in [-0.3, -0.25) is 9.59 Å². The van der Waals surface area contributed by atoms with E-state index in [0.29, 0.717) is 25.1 Å². The van der Waals surface area contributed by atoms with Gasteiger partial charge in [-0.15, -0.1) is 0 Å². The number of allylic oxidation sites excluding steroid dienone is 1. The van der Waals surface area contributed by atoms with Gasteiger partial charge in [0.15, 0.2) is 6.10 Å². The van der Waals surface area contributed by atoms with Crippen molar-refractivity contribution < 1.29 is 19.1 Å². The number of cyclic esters (lactones) is 1. The number of esters is 1. The summed E-state index contributed by atoms with van der Waals surface area (Å²) >= 11 is 0. The first-order valence-electron chi connectivity index (χ1n) is 9.83. The van der Waals surface area contributed by atoms with E-state index in [1.807, 2.05) is 54.6 Å². The smallest absolute Gasteiger partial charge is 0.313 e. The molecule has 5 heteroatoms. The maximum atomic E-state index is 12.6. The highest BCUT2D eigenvalue weighted by molar-refractivity contribution is 5.94. The van der Waals surface area contributed by atoms with Crippen molar-refractivity contribution in [3.8, 4) is 0 Å². The quantitative estimate of drug-likeness (QED) is 0.596. The van der Waals surface area contributed by atoms with Crippen LogP contribution in [0.5, 0.6) is 0 Å². The number of hydrogen-bond donors (Lipinski definition) is 1. The molecule has 0 spiro atoms. The van der Waals surface area contributed by atoms with Crippen LogP contribution in [0.4, 0.5) is 5.69 Å². The van der Waals surface area contributed by atoms with Crippen molar-refractivity contribution in [2.24, 2.45) is 11.3 Å². The van der Waals surface area contributed by atoms with E-state index in [0.717, 1.165) is 23.1 Å². The highest BCUT2D eigenvalue weighted by Gasteiger charge is 2.55. The Morgan fingerprint density at radius 1 is 1.24 bits per heavy atom. The summed E-state index contributed by atoms with van der Waals surface area (Å²) in [5, 5.41) is 2.90. The highest BCUT2D eigenvalue weighted by atomic mass is 16.5. The van der Waals surface area contributed by atoms with E-state index in [2.05, 4.69) is 11.9 Å².